The summed E-state index contributed by atoms with van der Waals surface area (Å²) in [4.78, 5) is 2.27. The molecule has 0 saturated heterocycles. The Balaban J connectivity index is 1.08. The fourth-order valence-corrected chi connectivity index (χ4v) is 13.2. The van der Waals surface area contributed by atoms with E-state index in [1.807, 2.05) is 12.1 Å². The van der Waals surface area contributed by atoms with Gasteiger partial charge in [-0.3, -0.25) is 4.90 Å². The van der Waals surface area contributed by atoms with Crippen molar-refractivity contribution >= 4 is 116 Å². The third kappa shape index (κ3) is 8.05. The van der Waals surface area contributed by atoms with Crippen molar-refractivity contribution in [1.82, 2.24) is 4.90 Å². The predicted molar refractivity (Wildman–Crippen MR) is 299 cm³/mol. The summed E-state index contributed by atoms with van der Waals surface area (Å²) < 4.78 is 3.30. The van der Waals surface area contributed by atoms with Gasteiger partial charge >= 0.3 is 0 Å². The molecule has 0 fully saturated rings. The predicted octanol–water partition coefficient (Wildman–Crippen LogP) is 13.2. The zero-order valence-electron chi connectivity index (χ0n) is 39.4. The first-order valence-electron chi connectivity index (χ1n) is 24.3. The molecular weight excluding hydrogens is 912 g/mol. The van der Waals surface area contributed by atoms with Crippen molar-refractivity contribution in [3.63, 3.8) is 0 Å². The lowest BCUT2D eigenvalue weighted by Gasteiger charge is -2.30. The largest absolute Gasteiger partial charge is 0.507 e. The molecule has 0 spiro atoms. The number of phenolic OH excluding ortho intramolecular Hbond substituents is 3. The van der Waals surface area contributed by atoms with Crippen LogP contribution >= 0.6 is 0 Å². The van der Waals surface area contributed by atoms with Crippen LogP contribution in [-0.2, 0) is 19.6 Å². The van der Waals surface area contributed by atoms with Crippen LogP contribution in [0.25, 0.3) is 81.7 Å². The lowest BCUT2D eigenvalue weighted by atomic mass is 9.80. The number of allylic oxidation sites excluding steroid dienone is 8. The van der Waals surface area contributed by atoms with Crippen LogP contribution in [0, 0.1) is 5.92 Å². The van der Waals surface area contributed by atoms with Gasteiger partial charge in [-0.15, -0.1) is 19.1 Å². The SMILES string of the molecule is [CH3][Al][c]1ccc2ccccc2c1-c1c(O)c(CN(Cc2cc3ccccc3c(C3=C4C=CC=CC4CC=[C]3[Al])c2O)Cc2cc3ccccc3c(-c3[c]([Al])ccc4ccccc34)c2O)cc2ccccc12. The summed E-state index contributed by atoms with van der Waals surface area (Å²) in [5, 5.41) is 49.3. The van der Waals surface area contributed by atoms with E-state index in [4.69, 9.17) is 0 Å². The Morgan fingerprint density at radius 2 is 0.930 bits per heavy atom. The zero-order valence-corrected chi connectivity index (χ0v) is 42.9. The summed E-state index contributed by atoms with van der Waals surface area (Å²) >= 11 is 5.80. The monoisotopic (exact) mass is 958 g/mol. The van der Waals surface area contributed by atoms with Crippen LogP contribution in [0.3, 0.4) is 0 Å². The molecule has 0 heterocycles. The number of benzene rings is 10. The van der Waals surface area contributed by atoms with E-state index < -0.39 is 0 Å². The van der Waals surface area contributed by atoms with Crippen molar-refractivity contribution in [1.29, 1.82) is 0 Å². The Labute approximate surface area is 436 Å². The molecule has 0 bridgehead atoms. The van der Waals surface area contributed by atoms with Crippen LogP contribution in [0.15, 0.2) is 204 Å². The molecule has 0 amide bonds. The molecule has 0 aromatic heterocycles. The quantitative estimate of drug-likeness (QED) is 0.120. The molecule has 1 atom stereocenters. The molecule has 0 aliphatic heterocycles. The van der Waals surface area contributed by atoms with E-state index in [0.29, 0.717) is 19.6 Å². The molecule has 5 radical (unpaired) electrons. The van der Waals surface area contributed by atoms with Gasteiger partial charge in [0.1, 0.15) is 17.2 Å². The maximum absolute atomic E-state index is 13.0. The van der Waals surface area contributed by atoms with Gasteiger partial charge in [-0.25, -0.2) is 0 Å². The number of rotatable bonds is 10. The summed E-state index contributed by atoms with van der Waals surface area (Å²) in [5.41, 5.74) is 8.99. The van der Waals surface area contributed by atoms with Crippen LogP contribution in [0.4, 0.5) is 0 Å². The van der Waals surface area contributed by atoms with Crippen molar-refractivity contribution in [3.8, 4) is 39.5 Å². The van der Waals surface area contributed by atoms with E-state index in [2.05, 4.69) is 225 Å². The summed E-state index contributed by atoms with van der Waals surface area (Å²) in [5.74, 6) is 3.15. The highest BCUT2D eigenvalue weighted by atomic mass is 27.1. The third-order valence-electron chi connectivity index (χ3n) is 14.8. The molecule has 10 aromatic carbocycles. The minimum atomic E-state index is -0.0842. The summed E-state index contributed by atoms with van der Waals surface area (Å²) in [7, 11) is 0. The van der Waals surface area contributed by atoms with Gasteiger partial charge in [-0.2, -0.15) is 0 Å². The second-order valence-corrected chi connectivity index (χ2v) is 21.4. The molecule has 2 aliphatic carbocycles. The Hall–Kier alpha value is -6.58. The number of hydrogen-bond donors (Lipinski definition) is 3. The second kappa shape index (κ2) is 18.9. The van der Waals surface area contributed by atoms with Crippen molar-refractivity contribution in [2.24, 2.45) is 5.92 Å². The van der Waals surface area contributed by atoms with Gasteiger partial charge in [0, 0.05) is 58.9 Å². The fraction of sp³-hybridized carbons (Fsp3) is 0.0938. The Bertz CT molecular complexity index is 3960. The maximum Gasteiger partial charge on any atom is 0.248 e. The maximum atomic E-state index is 13.0. The topological polar surface area (TPSA) is 63.9 Å². The van der Waals surface area contributed by atoms with Crippen LogP contribution in [0.5, 0.6) is 17.2 Å². The van der Waals surface area contributed by atoms with E-state index >= 15 is 0 Å². The third-order valence-corrected chi connectivity index (χ3v) is 16.9. The van der Waals surface area contributed by atoms with Gasteiger partial charge in [0.05, 0.1) is 0 Å². The van der Waals surface area contributed by atoms with E-state index in [9.17, 15) is 15.3 Å². The summed E-state index contributed by atoms with van der Waals surface area (Å²) in [6.07, 6.45) is 11.8. The normalized spacial score (nSPS) is 14.6. The Morgan fingerprint density at radius 3 is 1.46 bits per heavy atom. The molecule has 10 aromatic rings. The number of fused-ring (bicyclic) bond motifs is 6. The second-order valence-electron chi connectivity index (χ2n) is 19.0. The van der Waals surface area contributed by atoms with Gasteiger partial charge in [-0.05, 0) is 101 Å². The highest BCUT2D eigenvalue weighted by Crippen LogP contribution is 2.48. The minimum absolute atomic E-state index is 0.0842. The Kier molecular flexibility index (Phi) is 12.1. The van der Waals surface area contributed by atoms with Gasteiger partial charge in [0.2, 0.25) is 15.2 Å². The molecule has 4 nitrogen and oxygen atoms in total. The first-order valence-corrected chi connectivity index (χ1v) is 27.2. The van der Waals surface area contributed by atoms with E-state index in [1.165, 1.54) is 10.00 Å². The van der Waals surface area contributed by atoms with Gasteiger partial charge < -0.3 is 15.3 Å². The van der Waals surface area contributed by atoms with Gasteiger partial charge in [-0.1, -0.05) is 176 Å². The summed E-state index contributed by atoms with van der Waals surface area (Å²) in [6, 6.07) is 56.9. The smallest absolute Gasteiger partial charge is 0.248 e. The highest BCUT2D eigenvalue weighted by Gasteiger charge is 2.28. The average Bonchev–Trinajstić information content (AvgIpc) is 3.40. The van der Waals surface area contributed by atoms with Crippen molar-refractivity contribution in [3.05, 3.63) is 226 Å². The average molecular weight is 959 g/mol. The number of aromatic hydroxyl groups is 3. The number of hydrogen-bond acceptors (Lipinski definition) is 4. The lowest BCUT2D eigenvalue weighted by molar-refractivity contribution is 0.238. The van der Waals surface area contributed by atoms with Crippen LogP contribution in [0.1, 0.15) is 28.7 Å². The minimum Gasteiger partial charge on any atom is -0.507 e. The molecular formula is C64H47Al3NO3. The van der Waals surface area contributed by atoms with Crippen molar-refractivity contribution in [2.45, 2.75) is 31.8 Å². The molecule has 71 heavy (non-hydrogen) atoms. The number of phenols is 3. The zero-order chi connectivity index (χ0) is 48.3. The van der Waals surface area contributed by atoms with E-state index in [1.54, 1.807) is 0 Å². The molecule has 1 unspecified atom stereocenters. The van der Waals surface area contributed by atoms with Gasteiger partial charge in [0.15, 0.2) is 32.6 Å². The van der Waals surface area contributed by atoms with Crippen LogP contribution in [-0.4, -0.2) is 68.0 Å². The summed E-state index contributed by atoms with van der Waals surface area (Å²) in [6.45, 7) is 0.931. The molecule has 7 heteroatoms. The lowest BCUT2D eigenvalue weighted by Crippen LogP contribution is -2.23. The molecule has 2 aliphatic rings. The van der Waals surface area contributed by atoms with E-state index in [0.717, 1.165) is 119 Å². The molecule has 12 rings (SSSR count). The highest BCUT2D eigenvalue weighted by molar-refractivity contribution is 6.55. The molecule has 0 saturated carbocycles. The van der Waals surface area contributed by atoms with Crippen molar-refractivity contribution in [2.75, 3.05) is 0 Å². The standard InChI is InChI=1S/C63H44NO3.CH3.3Al/c65-61-46(34-43-19-4-10-28-52(43)58(61)55-31-13-22-40-16-1-7-25-49(40)55)37-64(38-47-35-44-20-5-11-29-53(44)59(62(47)66)56-32-14-23-41-17-2-8-26-50(41)56)39-48-36-45-21-6-12-30-54(45)60(63(48)67)57-33-15-24-42-18-3-9-27-51(42)57;;;;/h1-23,25-30,34-36,42,65-67H,24,37-39H2;1H3;;;. The first-order chi connectivity index (χ1) is 34.7. The van der Waals surface area contributed by atoms with Gasteiger partial charge in [0.25, 0.3) is 0 Å². The molecule has 3 N–H and O–H groups in total. The first kappa shape index (κ1) is 45.5. The number of nitrogens with zero attached hydrogens (tertiary/aromatic N) is 1. The van der Waals surface area contributed by atoms with E-state index in [-0.39, 0.29) is 38.4 Å². The fourth-order valence-electron chi connectivity index (χ4n) is 11.4. The van der Waals surface area contributed by atoms with Crippen LogP contribution < -0.4 is 8.85 Å². The Morgan fingerprint density at radius 1 is 0.493 bits per heavy atom. The molecule has 335 valence electrons. The van der Waals surface area contributed by atoms with Crippen LogP contribution in [0.2, 0.25) is 5.79 Å². The van der Waals surface area contributed by atoms with Crippen molar-refractivity contribution < 1.29 is 15.3 Å².